The van der Waals surface area contributed by atoms with Crippen LogP contribution in [-0.2, 0) is 6.54 Å². The van der Waals surface area contributed by atoms with Crippen LogP contribution in [0, 0.1) is 0 Å². The van der Waals surface area contributed by atoms with Crippen molar-refractivity contribution in [2.45, 2.75) is 6.54 Å². The number of carbonyl (C=O) groups excluding carboxylic acids is 1. The maximum absolute atomic E-state index is 12.6. The normalized spacial score (nSPS) is 15.9. The van der Waals surface area contributed by atoms with Gasteiger partial charge in [0, 0.05) is 48.3 Å². The zero-order valence-corrected chi connectivity index (χ0v) is 16.8. The van der Waals surface area contributed by atoms with Gasteiger partial charge in [-0.15, -0.1) is 0 Å². The van der Waals surface area contributed by atoms with Gasteiger partial charge in [0.25, 0.3) is 5.91 Å². The monoisotopic (exact) mass is 427 g/mol. The van der Waals surface area contributed by atoms with Gasteiger partial charge in [-0.05, 0) is 30.8 Å². The summed E-state index contributed by atoms with van der Waals surface area (Å²) in [5.74, 6) is -0.217. The molecule has 0 unspecified atom stereocenters. The summed E-state index contributed by atoms with van der Waals surface area (Å²) in [5.41, 5.74) is 3.23. The summed E-state index contributed by atoms with van der Waals surface area (Å²) >= 11 is 3.65. The average molecular weight is 428 g/mol. The van der Waals surface area contributed by atoms with E-state index in [1.165, 1.54) is 5.56 Å². The van der Waals surface area contributed by atoms with Crippen LogP contribution in [0.2, 0.25) is 0 Å². The Balaban J connectivity index is 1.45. The van der Waals surface area contributed by atoms with Gasteiger partial charge in [-0.2, -0.15) is 5.10 Å². The second-order valence-corrected chi connectivity index (χ2v) is 7.81. The molecule has 2 heterocycles. The maximum Gasteiger partial charge on any atom is 0.276 e. The van der Waals surface area contributed by atoms with Crippen LogP contribution in [0.25, 0.3) is 10.9 Å². The van der Waals surface area contributed by atoms with Crippen LogP contribution in [0.5, 0.6) is 0 Å². The zero-order valence-electron chi connectivity index (χ0n) is 15.2. The van der Waals surface area contributed by atoms with E-state index in [1.807, 2.05) is 36.4 Å². The Labute approximate surface area is 166 Å². The Morgan fingerprint density at radius 3 is 2.74 bits per heavy atom. The SMILES string of the molecule is CN1CCN(Cc2ccc(NC(=O)c3n[nH]c4ccccc34)cc2Br)CC1. The minimum absolute atomic E-state index is 0.217. The number of nitrogens with zero attached hydrogens (tertiary/aromatic N) is 3. The predicted octanol–water partition coefficient (Wildman–Crippen LogP) is 3.33. The number of anilines is 1. The number of hydrogen-bond acceptors (Lipinski definition) is 4. The fourth-order valence-electron chi connectivity index (χ4n) is 3.33. The van der Waals surface area contributed by atoms with E-state index in [-0.39, 0.29) is 5.91 Å². The summed E-state index contributed by atoms with van der Waals surface area (Å²) < 4.78 is 1.01. The van der Waals surface area contributed by atoms with Gasteiger partial charge >= 0.3 is 0 Å². The van der Waals surface area contributed by atoms with E-state index in [1.54, 1.807) is 0 Å². The number of likely N-dealkylation sites (N-methyl/N-ethyl adjacent to an activating group) is 1. The van der Waals surface area contributed by atoms with Crippen molar-refractivity contribution in [1.82, 2.24) is 20.0 Å². The van der Waals surface area contributed by atoms with E-state index in [2.05, 4.69) is 54.4 Å². The van der Waals surface area contributed by atoms with Gasteiger partial charge in [0.05, 0.1) is 5.52 Å². The predicted molar refractivity (Wildman–Crippen MR) is 111 cm³/mol. The average Bonchev–Trinajstić information content (AvgIpc) is 3.10. The lowest BCUT2D eigenvalue weighted by molar-refractivity contribution is 0.102. The van der Waals surface area contributed by atoms with Gasteiger partial charge in [0.1, 0.15) is 0 Å². The molecule has 4 rings (SSSR count). The van der Waals surface area contributed by atoms with Gasteiger partial charge in [0.2, 0.25) is 0 Å². The minimum Gasteiger partial charge on any atom is -0.321 e. The lowest BCUT2D eigenvalue weighted by atomic mass is 10.1. The molecule has 140 valence electrons. The van der Waals surface area contributed by atoms with Crippen LogP contribution >= 0.6 is 15.9 Å². The number of H-pyrrole nitrogens is 1. The Kier molecular flexibility index (Phi) is 5.24. The van der Waals surface area contributed by atoms with E-state index >= 15 is 0 Å². The first-order valence-corrected chi connectivity index (χ1v) is 9.83. The fourth-order valence-corrected chi connectivity index (χ4v) is 3.83. The fraction of sp³-hybridized carbons (Fsp3) is 0.300. The highest BCUT2D eigenvalue weighted by Gasteiger charge is 2.17. The molecule has 0 radical (unpaired) electrons. The Hall–Kier alpha value is -2.22. The molecule has 6 nitrogen and oxygen atoms in total. The molecule has 1 aliphatic rings. The topological polar surface area (TPSA) is 64.3 Å². The molecule has 7 heteroatoms. The molecule has 0 atom stereocenters. The second kappa shape index (κ2) is 7.80. The number of rotatable bonds is 4. The first-order valence-electron chi connectivity index (χ1n) is 9.04. The van der Waals surface area contributed by atoms with Crippen LogP contribution in [0.1, 0.15) is 16.1 Å². The number of nitrogens with one attached hydrogen (secondary N) is 2. The number of aromatic nitrogens is 2. The maximum atomic E-state index is 12.6. The number of fused-ring (bicyclic) bond motifs is 1. The van der Waals surface area contributed by atoms with Crippen LogP contribution in [0.15, 0.2) is 46.9 Å². The van der Waals surface area contributed by atoms with E-state index in [0.717, 1.165) is 53.8 Å². The van der Waals surface area contributed by atoms with Gasteiger partial charge in [-0.25, -0.2) is 0 Å². The summed E-state index contributed by atoms with van der Waals surface area (Å²) in [6.07, 6.45) is 0. The van der Waals surface area contributed by atoms with Crippen LogP contribution < -0.4 is 5.32 Å². The summed E-state index contributed by atoms with van der Waals surface area (Å²) in [7, 11) is 2.16. The number of para-hydroxylation sites is 1. The number of halogens is 1. The lowest BCUT2D eigenvalue weighted by Crippen LogP contribution is -2.43. The summed E-state index contributed by atoms with van der Waals surface area (Å²) in [6, 6.07) is 13.6. The summed E-state index contributed by atoms with van der Waals surface area (Å²) in [6.45, 7) is 5.26. The number of hydrogen-bond donors (Lipinski definition) is 2. The minimum atomic E-state index is -0.217. The van der Waals surface area contributed by atoms with Crippen molar-refractivity contribution in [2.24, 2.45) is 0 Å². The number of amides is 1. The molecule has 2 aromatic carbocycles. The standard InChI is InChI=1S/C20H22BrN5O/c1-25-8-10-26(11-9-25)13-14-6-7-15(12-17(14)21)22-20(27)19-16-4-2-3-5-18(16)23-24-19/h2-7,12H,8-11,13H2,1H3,(H,22,27)(H,23,24). The molecule has 1 amide bonds. The largest absolute Gasteiger partial charge is 0.321 e. The molecule has 0 bridgehead atoms. The molecule has 0 spiro atoms. The van der Waals surface area contributed by atoms with E-state index in [9.17, 15) is 4.79 Å². The van der Waals surface area contributed by atoms with Crippen LogP contribution in [-0.4, -0.2) is 59.1 Å². The highest BCUT2D eigenvalue weighted by atomic mass is 79.9. The second-order valence-electron chi connectivity index (χ2n) is 6.96. The molecule has 2 N–H and O–H groups in total. The molecular formula is C20H22BrN5O. The van der Waals surface area contributed by atoms with Gasteiger partial charge in [-0.3, -0.25) is 14.8 Å². The Morgan fingerprint density at radius 2 is 1.96 bits per heavy atom. The van der Waals surface area contributed by atoms with Gasteiger partial charge < -0.3 is 10.2 Å². The number of carbonyl (C=O) groups is 1. The summed E-state index contributed by atoms with van der Waals surface area (Å²) in [5, 5.41) is 10.8. The van der Waals surface area contributed by atoms with Crippen molar-refractivity contribution in [1.29, 1.82) is 0 Å². The van der Waals surface area contributed by atoms with Crippen molar-refractivity contribution in [2.75, 3.05) is 38.5 Å². The van der Waals surface area contributed by atoms with Crippen LogP contribution in [0.3, 0.4) is 0 Å². The first kappa shape index (κ1) is 18.2. The highest BCUT2D eigenvalue weighted by molar-refractivity contribution is 9.10. The third-order valence-electron chi connectivity index (χ3n) is 4.99. The molecule has 1 fully saturated rings. The third kappa shape index (κ3) is 4.05. The van der Waals surface area contributed by atoms with Gasteiger partial charge in [-0.1, -0.05) is 40.2 Å². The molecule has 0 saturated carbocycles. The Bertz CT molecular complexity index is 962. The number of benzene rings is 2. The molecule has 3 aromatic rings. The van der Waals surface area contributed by atoms with Crippen molar-refractivity contribution in [3.05, 3.63) is 58.2 Å². The van der Waals surface area contributed by atoms with Gasteiger partial charge in [0.15, 0.2) is 5.69 Å². The van der Waals surface area contributed by atoms with Crippen molar-refractivity contribution in [3.8, 4) is 0 Å². The number of piperazine rings is 1. The van der Waals surface area contributed by atoms with Crippen LogP contribution in [0.4, 0.5) is 5.69 Å². The summed E-state index contributed by atoms with van der Waals surface area (Å²) in [4.78, 5) is 17.4. The lowest BCUT2D eigenvalue weighted by Gasteiger charge is -2.32. The molecular weight excluding hydrogens is 406 g/mol. The molecule has 0 aliphatic carbocycles. The third-order valence-corrected chi connectivity index (χ3v) is 5.72. The zero-order chi connectivity index (χ0) is 18.8. The Morgan fingerprint density at radius 1 is 1.19 bits per heavy atom. The molecule has 1 saturated heterocycles. The van der Waals surface area contributed by atoms with E-state index in [0.29, 0.717) is 5.69 Å². The van der Waals surface area contributed by atoms with E-state index in [4.69, 9.17) is 0 Å². The molecule has 1 aliphatic heterocycles. The number of aromatic amines is 1. The smallest absolute Gasteiger partial charge is 0.276 e. The molecule has 27 heavy (non-hydrogen) atoms. The van der Waals surface area contributed by atoms with Crippen molar-refractivity contribution >= 4 is 38.4 Å². The first-order chi connectivity index (χ1) is 13.1. The van der Waals surface area contributed by atoms with E-state index < -0.39 is 0 Å². The van der Waals surface area contributed by atoms with Crippen molar-refractivity contribution < 1.29 is 4.79 Å². The highest BCUT2D eigenvalue weighted by Crippen LogP contribution is 2.24. The molecule has 1 aromatic heterocycles. The quantitative estimate of drug-likeness (QED) is 0.669. The van der Waals surface area contributed by atoms with Crippen molar-refractivity contribution in [3.63, 3.8) is 0 Å².